The molecule has 8 nitrogen and oxygen atoms in total. The predicted octanol–water partition coefficient (Wildman–Crippen LogP) is 4.65. The number of amides is 1. The van der Waals surface area contributed by atoms with Crippen LogP contribution in [0.5, 0.6) is 0 Å². The SMILES string of the molecule is CN(C)c1ccc(C(=O)N(Cc2cnc[nH]2)c2ccc(N3CCN(C(=S)NC4CCCCC4)CC3)cc2)cc1. The van der Waals surface area contributed by atoms with E-state index in [1.165, 1.54) is 32.1 Å². The summed E-state index contributed by atoms with van der Waals surface area (Å²) in [6.07, 6.45) is 9.82. The zero-order chi connectivity index (χ0) is 27.2. The van der Waals surface area contributed by atoms with Crippen LogP contribution in [-0.4, -0.2) is 72.2 Å². The number of piperazine rings is 1. The topological polar surface area (TPSA) is 70.7 Å². The Morgan fingerprint density at radius 1 is 0.974 bits per heavy atom. The van der Waals surface area contributed by atoms with Gasteiger partial charge in [0.1, 0.15) is 0 Å². The molecule has 2 heterocycles. The summed E-state index contributed by atoms with van der Waals surface area (Å²) in [5.74, 6) is -0.0461. The molecule has 1 saturated carbocycles. The highest BCUT2D eigenvalue weighted by atomic mass is 32.1. The summed E-state index contributed by atoms with van der Waals surface area (Å²) >= 11 is 5.74. The van der Waals surface area contributed by atoms with E-state index in [2.05, 4.69) is 37.2 Å². The van der Waals surface area contributed by atoms with E-state index in [-0.39, 0.29) is 5.91 Å². The van der Waals surface area contributed by atoms with Crippen LogP contribution in [0.4, 0.5) is 17.1 Å². The number of H-pyrrole nitrogens is 1. The molecule has 0 bridgehead atoms. The van der Waals surface area contributed by atoms with Crippen molar-refractivity contribution < 1.29 is 4.79 Å². The number of anilines is 3. The average Bonchev–Trinajstić information content (AvgIpc) is 3.50. The third kappa shape index (κ3) is 6.71. The molecular formula is C30H39N7OS. The minimum Gasteiger partial charge on any atom is -0.378 e. The van der Waals surface area contributed by atoms with Crippen molar-refractivity contribution in [2.45, 2.75) is 44.7 Å². The second-order valence-electron chi connectivity index (χ2n) is 10.7. The Morgan fingerprint density at radius 2 is 1.64 bits per heavy atom. The predicted molar refractivity (Wildman–Crippen MR) is 163 cm³/mol. The number of benzene rings is 2. The Morgan fingerprint density at radius 3 is 2.26 bits per heavy atom. The summed E-state index contributed by atoms with van der Waals surface area (Å²) in [6.45, 7) is 4.07. The van der Waals surface area contributed by atoms with Crippen molar-refractivity contribution in [3.63, 3.8) is 0 Å². The van der Waals surface area contributed by atoms with E-state index in [1.54, 1.807) is 17.4 Å². The van der Waals surface area contributed by atoms with Gasteiger partial charge >= 0.3 is 0 Å². The summed E-state index contributed by atoms with van der Waals surface area (Å²) in [5.41, 5.74) is 4.60. The molecule has 2 aliphatic rings. The third-order valence-corrected chi connectivity index (χ3v) is 8.16. The lowest BCUT2D eigenvalue weighted by Crippen LogP contribution is -2.53. The van der Waals surface area contributed by atoms with E-state index in [9.17, 15) is 4.79 Å². The van der Waals surface area contributed by atoms with Gasteiger partial charge in [0, 0.05) is 75.1 Å². The van der Waals surface area contributed by atoms with Gasteiger partial charge in [-0.25, -0.2) is 4.98 Å². The number of carbonyl (C=O) groups excluding carboxylic acids is 1. The van der Waals surface area contributed by atoms with E-state index >= 15 is 0 Å². The molecule has 0 atom stereocenters. The number of hydrogen-bond acceptors (Lipinski definition) is 5. The van der Waals surface area contributed by atoms with Gasteiger partial charge in [0.2, 0.25) is 0 Å². The fourth-order valence-electron chi connectivity index (χ4n) is 5.40. The van der Waals surface area contributed by atoms with Gasteiger partial charge < -0.3 is 29.9 Å². The van der Waals surface area contributed by atoms with Crippen molar-refractivity contribution in [1.29, 1.82) is 0 Å². The van der Waals surface area contributed by atoms with Crippen LogP contribution in [0.3, 0.4) is 0 Å². The first kappa shape index (κ1) is 27.0. The van der Waals surface area contributed by atoms with Gasteiger partial charge in [-0.15, -0.1) is 0 Å². The van der Waals surface area contributed by atoms with Crippen LogP contribution in [0.2, 0.25) is 0 Å². The van der Waals surface area contributed by atoms with Crippen LogP contribution in [0.1, 0.15) is 48.2 Å². The number of aromatic nitrogens is 2. The molecule has 5 rings (SSSR count). The molecule has 0 radical (unpaired) electrons. The third-order valence-electron chi connectivity index (χ3n) is 7.79. The fraction of sp³-hybridized carbons (Fsp3) is 0.433. The maximum absolute atomic E-state index is 13.6. The van der Waals surface area contributed by atoms with Crippen LogP contribution in [0.15, 0.2) is 61.1 Å². The Hall–Kier alpha value is -3.59. The number of nitrogens with zero attached hydrogens (tertiary/aromatic N) is 5. The molecule has 1 aliphatic carbocycles. The van der Waals surface area contributed by atoms with Crippen LogP contribution >= 0.6 is 12.2 Å². The normalized spacial score (nSPS) is 16.2. The molecule has 1 amide bonds. The monoisotopic (exact) mass is 545 g/mol. The molecule has 3 aromatic rings. The lowest BCUT2D eigenvalue weighted by Gasteiger charge is -2.38. The lowest BCUT2D eigenvalue weighted by atomic mass is 9.96. The highest BCUT2D eigenvalue weighted by Crippen LogP contribution is 2.26. The Kier molecular flexibility index (Phi) is 8.66. The maximum Gasteiger partial charge on any atom is 0.258 e. The van der Waals surface area contributed by atoms with Crippen LogP contribution in [0, 0.1) is 0 Å². The van der Waals surface area contributed by atoms with E-state index in [0.29, 0.717) is 18.2 Å². The van der Waals surface area contributed by atoms with Gasteiger partial charge in [-0.2, -0.15) is 0 Å². The van der Waals surface area contributed by atoms with Crippen LogP contribution < -0.4 is 20.0 Å². The summed E-state index contributed by atoms with van der Waals surface area (Å²) < 4.78 is 0. The molecule has 0 unspecified atom stereocenters. The van der Waals surface area contributed by atoms with Gasteiger partial charge in [-0.3, -0.25) is 4.79 Å². The van der Waals surface area contributed by atoms with Crippen molar-refractivity contribution in [2.75, 3.05) is 55.0 Å². The van der Waals surface area contributed by atoms with E-state index in [1.807, 2.05) is 55.4 Å². The molecule has 1 aliphatic heterocycles. The largest absolute Gasteiger partial charge is 0.378 e. The second kappa shape index (κ2) is 12.5. The molecular weight excluding hydrogens is 506 g/mol. The number of rotatable bonds is 7. The van der Waals surface area contributed by atoms with E-state index in [4.69, 9.17) is 12.2 Å². The Balaban J connectivity index is 1.24. The second-order valence-corrected chi connectivity index (χ2v) is 11.1. The minimum absolute atomic E-state index is 0.0461. The van der Waals surface area contributed by atoms with Gasteiger partial charge in [0.05, 0.1) is 18.6 Å². The maximum atomic E-state index is 13.6. The molecule has 9 heteroatoms. The minimum atomic E-state index is -0.0461. The smallest absolute Gasteiger partial charge is 0.258 e. The van der Waals surface area contributed by atoms with Gasteiger partial charge in [0.15, 0.2) is 5.11 Å². The Bertz CT molecular complexity index is 1210. The molecule has 206 valence electrons. The van der Waals surface area contributed by atoms with Crippen molar-refractivity contribution in [1.82, 2.24) is 20.2 Å². The molecule has 2 fully saturated rings. The highest BCUT2D eigenvalue weighted by molar-refractivity contribution is 7.80. The summed E-state index contributed by atoms with van der Waals surface area (Å²) in [6, 6.07) is 16.6. The molecule has 1 saturated heterocycles. The highest BCUT2D eigenvalue weighted by Gasteiger charge is 2.23. The first-order chi connectivity index (χ1) is 19.0. The number of hydrogen-bond donors (Lipinski definition) is 2. The average molecular weight is 546 g/mol. The summed E-state index contributed by atoms with van der Waals surface area (Å²) in [7, 11) is 3.98. The zero-order valence-electron chi connectivity index (χ0n) is 23.0. The van der Waals surface area contributed by atoms with Crippen molar-refractivity contribution in [2.24, 2.45) is 0 Å². The summed E-state index contributed by atoms with van der Waals surface area (Å²) in [5, 5.41) is 4.51. The first-order valence-electron chi connectivity index (χ1n) is 13.9. The zero-order valence-corrected chi connectivity index (χ0v) is 23.8. The summed E-state index contributed by atoms with van der Waals surface area (Å²) in [4.78, 5) is 29.4. The number of nitrogens with one attached hydrogen (secondary N) is 2. The van der Waals surface area contributed by atoms with Gasteiger partial charge in [-0.1, -0.05) is 19.3 Å². The number of thiocarbonyl (C=S) groups is 1. The molecule has 39 heavy (non-hydrogen) atoms. The molecule has 2 N–H and O–H groups in total. The number of aromatic amines is 1. The quantitative estimate of drug-likeness (QED) is 0.419. The Labute approximate surface area is 237 Å². The standard InChI is InChI=1S/C30H39N7OS/c1-34(2)26-10-8-23(9-11-26)29(38)37(21-25-20-31-22-32-25)28-14-12-27(13-15-28)35-16-18-36(19-17-35)30(39)33-24-6-4-3-5-7-24/h8-15,20,22,24H,3-7,16-19,21H2,1-2H3,(H,31,32)(H,33,39). The molecule has 0 spiro atoms. The lowest BCUT2D eigenvalue weighted by molar-refractivity contribution is 0.0985. The molecule has 1 aromatic heterocycles. The molecule has 2 aromatic carbocycles. The van der Waals surface area contributed by atoms with Crippen LogP contribution in [-0.2, 0) is 6.54 Å². The van der Waals surface area contributed by atoms with Crippen molar-refractivity contribution in [3.05, 3.63) is 72.3 Å². The first-order valence-corrected chi connectivity index (χ1v) is 14.4. The van der Waals surface area contributed by atoms with Crippen LogP contribution in [0.25, 0.3) is 0 Å². The van der Waals surface area contributed by atoms with Crippen molar-refractivity contribution in [3.8, 4) is 0 Å². The number of carbonyl (C=O) groups is 1. The van der Waals surface area contributed by atoms with E-state index < -0.39 is 0 Å². The van der Waals surface area contributed by atoms with Gasteiger partial charge in [0.25, 0.3) is 5.91 Å². The van der Waals surface area contributed by atoms with E-state index in [0.717, 1.165) is 54.0 Å². The van der Waals surface area contributed by atoms with Crippen molar-refractivity contribution >= 4 is 40.3 Å². The van der Waals surface area contributed by atoms with Gasteiger partial charge in [-0.05, 0) is 73.6 Å². The fourth-order valence-corrected chi connectivity index (χ4v) is 5.75. The number of imidazole rings is 1.